The van der Waals surface area contributed by atoms with Gasteiger partial charge in [-0.25, -0.2) is 8.78 Å². The Kier molecular flexibility index (Phi) is 3.36. The fourth-order valence-corrected chi connectivity index (χ4v) is 1.82. The van der Waals surface area contributed by atoms with E-state index in [1.165, 1.54) is 0 Å². The molecule has 1 aliphatic rings. The summed E-state index contributed by atoms with van der Waals surface area (Å²) in [5.41, 5.74) is -0.187. The topological polar surface area (TPSA) is 42.2 Å². The van der Waals surface area contributed by atoms with Gasteiger partial charge in [-0.2, -0.15) is 5.26 Å². The molecule has 2 rings (SSSR count). The lowest BCUT2D eigenvalue weighted by atomic mass is 10.0. The number of nitriles is 1. The van der Waals surface area contributed by atoms with Gasteiger partial charge in [0.05, 0.1) is 18.8 Å². The number of benzene rings is 1. The Bertz CT molecular complexity index is 476. The van der Waals surface area contributed by atoms with Crippen molar-refractivity contribution in [2.45, 2.75) is 19.6 Å². The third-order valence-electron chi connectivity index (χ3n) is 2.67. The summed E-state index contributed by atoms with van der Waals surface area (Å²) in [5.74, 6) is -1.48. The van der Waals surface area contributed by atoms with E-state index in [1.807, 2.05) is 0 Å². The molecule has 0 bridgehead atoms. The van der Waals surface area contributed by atoms with Gasteiger partial charge in [-0.15, -0.1) is 0 Å². The zero-order valence-corrected chi connectivity index (χ0v) is 9.30. The van der Waals surface area contributed by atoms with Crippen molar-refractivity contribution in [1.82, 2.24) is 0 Å². The van der Waals surface area contributed by atoms with Gasteiger partial charge in [0.15, 0.2) is 6.29 Å². The van der Waals surface area contributed by atoms with Gasteiger partial charge in [0.1, 0.15) is 17.7 Å². The summed E-state index contributed by atoms with van der Waals surface area (Å²) >= 11 is 0. The Balaban J connectivity index is 2.55. The normalized spacial score (nSPS) is 16.1. The van der Waals surface area contributed by atoms with Crippen molar-refractivity contribution in [3.63, 3.8) is 0 Å². The van der Waals surface area contributed by atoms with Crippen molar-refractivity contribution < 1.29 is 18.3 Å². The molecule has 90 valence electrons. The fourth-order valence-electron chi connectivity index (χ4n) is 1.82. The fraction of sp³-hybridized carbons (Fsp3) is 0.417. The predicted molar refractivity (Wildman–Crippen MR) is 55.1 cm³/mol. The highest BCUT2D eigenvalue weighted by atomic mass is 19.1. The molecule has 1 heterocycles. The molecule has 0 spiro atoms. The number of hydrogen-bond acceptors (Lipinski definition) is 3. The van der Waals surface area contributed by atoms with E-state index >= 15 is 0 Å². The summed E-state index contributed by atoms with van der Waals surface area (Å²) in [6, 6.07) is 2.86. The highest BCUT2D eigenvalue weighted by Crippen LogP contribution is 2.30. The largest absolute Gasteiger partial charge is 0.346 e. The maximum Gasteiger partial charge on any atom is 0.186 e. The van der Waals surface area contributed by atoms with E-state index in [9.17, 15) is 8.78 Å². The van der Waals surface area contributed by atoms with Crippen molar-refractivity contribution in [3.8, 4) is 6.07 Å². The lowest BCUT2D eigenvalue weighted by Gasteiger charge is -2.14. The van der Waals surface area contributed by atoms with Crippen LogP contribution in [0.5, 0.6) is 0 Å². The molecule has 0 radical (unpaired) electrons. The van der Waals surface area contributed by atoms with Crippen LogP contribution in [-0.2, 0) is 15.9 Å². The van der Waals surface area contributed by atoms with Gasteiger partial charge >= 0.3 is 0 Å². The average molecular weight is 239 g/mol. The first kappa shape index (κ1) is 12.0. The van der Waals surface area contributed by atoms with E-state index in [4.69, 9.17) is 14.7 Å². The summed E-state index contributed by atoms with van der Waals surface area (Å²) in [6.45, 7) is 2.36. The van der Waals surface area contributed by atoms with Crippen LogP contribution in [0.25, 0.3) is 0 Å². The van der Waals surface area contributed by atoms with Crippen LogP contribution >= 0.6 is 0 Å². The Morgan fingerprint density at radius 1 is 1.35 bits per heavy atom. The van der Waals surface area contributed by atoms with E-state index < -0.39 is 17.9 Å². The molecule has 0 saturated carbocycles. The zero-order valence-electron chi connectivity index (χ0n) is 9.30. The Labute approximate surface area is 97.6 Å². The summed E-state index contributed by atoms with van der Waals surface area (Å²) < 4.78 is 38.0. The SMILES string of the molecule is CCc1c(F)c(C#N)cc(C2OCCO2)c1F. The van der Waals surface area contributed by atoms with Crippen LogP contribution in [0.3, 0.4) is 0 Å². The summed E-state index contributed by atoms with van der Waals surface area (Å²) in [7, 11) is 0. The van der Waals surface area contributed by atoms with Gasteiger partial charge in [-0.05, 0) is 12.5 Å². The standard InChI is InChI=1S/C12H11F2NO2/c1-2-8-10(13)7(6-15)5-9(11(8)14)12-16-3-4-17-12/h5,12H,2-4H2,1H3. The van der Waals surface area contributed by atoms with Gasteiger partial charge in [0.2, 0.25) is 0 Å². The lowest BCUT2D eigenvalue weighted by molar-refractivity contribution is -0.0466. The minimum Gasteiger partial charge on any atom is -0.346 e. The lowest BCUT2D eigenvalue weighted by Crippen LogP contribution is -2.08. The minimum absolute atomic E-state index is 0.0947. The smallest absolute Gasteiger partial charge is 0.186 e. The summed E-state index contributed by atoms with van der Waals surface area (Å²) in [6.07, 6.45) is -0.666. The van der Waals surface area contributed by atoms with Crippen LogP contribution in [0.15, 0.2) is 6.07 Å². The molecule has 1 aromatic rings. The first-order valence-electron chi connectivity index (χ1n) is 5.33. The second-order valence-corrected chi connectivity index (χ2v) is 3.66. The van der Waals surface area contributed by atoms with Gasteiger partial charge in [-0.1, -0.05) is 6.92 Å². The van der Waals surface area contributed by atoms with Gasteiger partial charge in [0.25, 0.3) is 0 Å². The molecule has 1 aliphatic heterocycles. The number of halogens is 2. The second kappa shape index (κ2) is 4.78. The predicted octanol–water partition coefficient (Wildman–Crippen LogP) is 2.44. The molecular weight excluding hydrogens is 228 g/mol. The summed E-state index contributed by atoms with van der Waals surface area (Å²) in [4.78, 5) is 0. The Morgan fingerprint density at radius 2 is 2.00 bits per heavy atom. The van der Waals surface area contributed by atoms with Crippen LogP contribution in [0, 0.1) is 23.0 Å². The number of rotatable bonds is 2. The van der Waals surface area contributed by atoms with Crippen molar-refractivity contribution in [2.75, 3.05) is 13.2 Å². The van der Waals surface area contributed by atoms with E-state index in [0.29, 0.717) is 13.2 Å². The van der Waals surface area contributed by atoms with Crippen LogP contribution in [0.4, 0.5) is 8.78 Å². The molecule has 0 N–H and O–H groups in total. The van der Waals surface area contributed by atoms with Crippen molar-refractivity contribution in [1.29, 1.82) is 5.26 Å². The monoisotopic (exact) mass is 239 g/mol. The maximum absolute atomic E-state index is 14.0. The van der Waals surface area contributed by atoms with E-state index in [-0.39, 0.29) is 23.1 Å². The molecule has 0 atom stereocenters. The van der Waals surface area contributed by atoms with Gasteiger partial charge in [0, 0.05) is 11.1 Å². The first-order valence-corrected chi connectivity index (χ1v) is 5.33. The quantitative estimate of drug-likeness (QED) is 0.796. The molecule has 0 aliphatic carbocycles. The van der Waals surface area contributed by atoms with Gasteiger partial charge < -0.3 is 9.47 Å². The van der Waals surface area contributed by atoms with E-state index in [2.05, 4.69) is 0 Å². The molecule has 3 nitrogen and oxygen atoms in total. The van der Waals surface area contributed by atoms with Crippen LogP contribution in [0.1, 0.15) is 29.9 Å². The number of nitrogens with zero attached hydrogens (tertiary/aromatic N) is 1. The summed E-state index contributed by atoms with van der Waals surface area (Å²) in [5, 5.41) is 8.80. The van der Waals surface area contributed by atoms with Crippen LogP contribution in [-0.4, -0.2) is 13.2 Å². The zero-order chi connectivity index (χ0) is 12.4. The molecule has 1 saturated heterocycles. The molecule has 5 heteroatoms. The molecule has 0 amide bonds. The molecule has 0 aromatic heterocycles. The molecule has 1 fully saturated rings. The third kappa shape index (κ3) is 2.02. The Hall–Kier alpha value is -1.51. The molecule has 0 unspecified atom stereocenters. The average Bonchev–Trinajstić information content (AvgIpc) is 2.83. The number of hydrogen-bond donors (Lipinski definition) is 0. The highest BCUT2D eigenvalue weighted by molar-refractivity contribution is 5.41. The van der Waals surface area contributed by atoms with Gasteiger partial charge in [-0.3, -0.25) is 0 Å². The maximum atomic E-state index is 14.0. The minimum atomic E-state index is -0.840. The third-order valence-corrected chi connectivity index (χ3v) is 2.67. The highest BCUT2D eigenvalue weighted by Gasteiger charge is 2.26. The number of ether oxygens (including phenoxy) is 2. The van der Waals surface area contributed by atoms with Crippen molar-refractivity contribution in [3.05, 3.63) is 34.4 Å². The second-order valence-electron chi connectivity index (χ2n) is 3.66. The van der Waals surface area contributed by atoms with E-state index in [1.54, 1.807) is 13.0 Å². The van der Waals surface area contributed by atoms with Crippen LogP contribution < -0.4 is 0 Å². The molecular formula is C12H11F2NO2. The van der Waals surface area contributed by atoms with Crippen molar-refractivity contribution >= 4 is 0 Å². The van der Waals surface area contributed by atoms with Crippen molar-refractivity contribution in [2.24, 2.45) is 0 Å². The van der Waals surface area contributed by atoms with E-state index in [0.717, 1.165) is 6.07 Å². The molecule has 17 heavy (non-hydrogen) atoms. The Morgan fingerprint density at radius 3 is 2.53 bits per heavy atom. The molecule has 1 aromatic carbocycles. The first-order chi connectivity index (χ1) is 8.19. The van der Waals surface area contributed by atoms with Crippen LogP contribution in [0.2, 0.25) is 0 Å².